The van der Waals surface area contributed by atoms with Crippen LogP contribution >= 0.6 is 23.2 Å². The Morgan fingerprint density at radius 2 is 1.89 bits per heavy atom. The molecule has 0 spiro atoms. The van der Waals surface area contributed by atoms with E-state index >= 15 is 0 Å². The molecule has 0 bridgehead atoms. The number of rotatable bonds is 3. The highest BCUT2D eigenvalue weighted by Crippen LogP contribution is 2.29. The van der Waals surface area contributed by atoms with E-state index in [-0.39, 0.29) is 0 Å². The average Bonchev–Trinajstić information content (AvgIpc) is 2.34. The minimum Gasteiger partial charge on any atom is -0.388 e. The predicted octanol–water partition coefficient (Wildman–Crippen LogP) is 3.97. The van der Waals surface area contributed by atoms with Crippen molar-refractivity contribution in [3.8, 4) is 0 Å². The van der Waals surface area contributed by atoms with Gasteiger partial charge in [-0.05, 0) is 41.8 Å². The molecule has 1 heterocycles. The van der Waals surface area contributed by atoms with Gasteiger partial charge in [0.1, 0.15) is 0 Å². The molecule has 0 fully saturated rings. The summed E-state index contributed by atoms with van der Waals surface area (Å²) in [4.78, 5) is 4.01. The summed E-state index contributed by atoms with van der Waals surface area (Å²) in [7, 11) is 0. The molecule has 94 valence electrons. The maximum Gasteiger partial charge on any atom is 0.0835 e. The molecule has 4 heteroatoms. The number of nitrogens with zero attached hydrogens (tertiary/aromatic N) is 1. The third-order valence-electron chi connectivity index (χ3n) is 2.88. The highest BCUT2D eigenvalue weighted by atomic mass is 35.5. The number of pyridine rings is 1. The first-order valence-electron chi connectivity index (χ1n) is 5.61. The molecule has 0 saturated carbocycles. The number of hydrogen-bond donors (Lipinski definition) is 1. The van der Waals surface area contributed by atoms with Crippen molar-refractivity contribution in [1.29, 1.82) is 0 Å². The van der Waals surface area contributed by atoms with Gasteiger partial charge in [-0.3, -0.25) is 4.98 Å². The molecule has 1 unspecified atom stereocenters. The maximum atomic E-state index is 10.3. The van der Waals surface area contributed by atoms with Gasteiger partial charge in [-0.25, -0.2) is 0 Å². The molecule has 0 radical (unpaired) electrons. The second-order valence-electron chi connectivity index (χ2n) is 4.15. The van der Waals surface area contributed by atoms with E-state index in [4.69, 9.17) is 23.2 Å². The number of halogens is 2. The SMILES string of the molecule is Cc1cnccc1C(O)Cc1c(Cl)cccc1Cl. The number of aliphatic hydroxyl groups excluding tert-OH is 1. The van der Waals surface area contributed by atoms with Gasteiger partial charge in [-0.1, -0.05) is 29.3 Å². The average molecular weight is 282 g/mol. The van der Waals surface area contributed by atoms with Gasteiger partial charge in [0, 0.05) is 28.9 Å². The third-order valence-corrected chi connectivity index (χ3v) is 3.59. The molecule has 0 aliphatic rings. The van der Waals surface area contributed by atoms with Crippen LogP contribution in [0.2, 0.25) is 10.0 Å². The molecule has 0 saturated heterocycles. The lowest BCUT2D eigenvalue weighted by Gasteiger charge is -2.15. The molecule has 2 aromatic rings. The lowest BCUT2D eigenvalue weighted by atomic mass is 9.99. The van der Waals surface area contributed by atoms with E-state index in [1.54, 1.807) is 30.6 Å². The number of aliphatic hydroxyl groups is 1. The van der Waals surface area contributed by atoms with E-state index in [1.165, 1.54) is 0 Å². The quantitative estimate of drug-likeness (QED) is 0.923. The van der Waals surface area contributed by atoms with Crippen LogP contribution in [0.25, 0.3) is 0 Å². The largest absolute Gasteiger partial charge is 0.388 e. The Morgan fingerprint density at radius 1 is 1.22 bits per heavy atom. The van der Waals surface area contributed by atoms with Crippen LogP contribution in [-0.2, 0) is 6.42 Å². The third kappa shape index (κ3) is 2.83. The molecule has 0 aliphatic heterocycles. The summed E-state index contributed by atoms with van der Waals surface area (Å²) in [6.07, 6.45) is 3.15. The molecule has 1 aromatic carbocycles. The highest BCUT2D eigenvalue weighted by Gasteiger charge is 2.15. The molecule has 2 nitrogen and oxygen atoms in total. The predicted molar refractivity (Wildman–Crippen MR) is 74.1 cm³/mol. The second-order valence-corrected chi connectivity index (χ2v) is 4.97. The lowest BCUT2D eigenvalue weighted by molar-refractivity contribution is 0.177. The van der Waals surface area contributed by atoms with Crippen molar-refractivity contribution in [3.05, 3.63) is 63.4 Å². The first-order chi connectivity index (χ1) is 8.59. The Balaban J connectivity index is 2.27. The molecule has 0 amide bonds. The van der Waals surface area contributed by atoms with Crippen LogP contribution in [0.4, 0.5) is 0 Å². The zero-order valence-electron chi connectivity index (χ0n) is 9.90. The van der Waals surface area contributed by atoms with Crippen molar-refractivity contribution in [1.82, 2.24) is 4.98 Å². The van der Waals surface area contributed by atoms with E-state index < -0.39 is 6.10 Å². The minimum atomic E-state index is -0.634. The van der Waals surface area contributed by atoms with Crippen molar-refractivity contribution < 1.29 is 5.11 Å². The van der Waals surface area contributed by atoms with Crippen LogP contribution in [-0.4, -0.2) is 10.1 Å². The lowest BCUT2D eigenvalue weighted by Crippen LogP contribution is -2.05. The van der Waals surface area contributed by atoms with E-state index in [9.17, 15) is 5.11 Å². The first-order valence-corrected chi connectivity index (χ1v) is 6.36. The van der Waals surface area contributed by atoms with Gasteiger partial charge in [0.25, 0.3) is 0 Å². The first kappa shape index (κ1) is 13.3. The Labute approximate surface area is 116 Å². The van der Waals surface area contributed by atoms with E-state index in [0.29, 0.717) is 16.5 Å². The topological polar surface area (TPSA) is 33.1 Å². The minimum absolute atomic E-state index is 0.392. The molecular formula is C14H13Cl2NO. The van der Waals surface area contributed by atoms with Crippen LogP contribution in [0.5, 0.6) is 0 Å². The standard InChI is InChI=1S/C14H13Cl2NO/c1-9-8-17-6-5-10(9)14(18)7-11-12(15)3-2-4-13(11)16/h2-6,8,14,18H,7H2,1H3. The van der Waals surface area contributed by atoms with Gasteiger partial charge in [0.05, 0.1) is 6.10 Å². The summed E-state index contributed by atoms with van der Waals surface area (Å²) in [6.45, 7) is 1.92. The molecular weight excluding hydrogens is 269 g/mol. The monoisotopic (exact) mass is 281 g/mol. The van der Waals surface area contributed by atoms with Gasteiger partial charge < -0.3 is 5.11 Å². The van der Waals surface area contributed by atoms with E-state index in [2.05, 4.69) is 4.98 Å². The second kappa shape index (κ2) is 5.70. The van der Waals surface area contributed by atoms with Gasteiger partial charge in [0.15, 0.2) is 0 Å². The Morgan fingerprint density at radius 3 is 2.50 bits per heavy atom. The fraction of sp³-hybridized carbons (Fsp3) is 0.214. The normalized spacial score (nSPS) is 12.4. The maximum absolute atomic E-state index is 10.3. The molecule has 2 rings (SSSR count). The van der Waals surface area contributed by atoms with Crippen molar-refractivity contribution in [2.75, 3.05) is 0 Å². The van der Waals surface area contributed by atoms with E-state index in [0.717, 1.165) is 16.7 Å². The van der Waals surface area contributed by atoms with Gasteiger partial charge in [0.2, 0.25) is 0 Å². The van der Waals surface area contributed by atoms with Crippen LogP contribution in [0.15, 0.2) is 36.7 Å². The van der Waals surface area contributed by atoms with E-state index in [1.807, 2.05) is 13.0 Å². The van der Waals surface area contributed by atoms with Gasteiger partial charge in [-0.15, -0.1) is 0 Å². The molecule has 1 N–H and O–H groups in total. The Bertz CT molecular complexity index is 537. The van der Waals surface area contributed by atoms with Crippen LogP contribution in [0.3, 0.4) is 0 Å². The fourth-order valence-electron chi connectivity index (χ4n) is 1.89. The smallest absolute Gasteiger partial charge is 0.0835 e. The van der Waals surface area contributed by atoms with Crippen molar-refractivity contribution in [3.63, 3.8) is 0 Å². The summed E-state index contributed by atoms with van der Waals surface area (Å²) >= 11 is 12.2. The van der Waals surface area contributed by atoms with Crippen molar-refractivity contribution in [2.45, 2.75) is 19.4 Å². The summed E-state index contributed by atoms with van der Waals surface area (Å²) in [6, 6.07) is 7.15. The molecule has 18 heavy (non-hydrogen) atoms. The van der Waals surface area contributed by atoms with Crippen molar-refractivity contribution in [2.24, 2.45) is 0 Å². The van der Waals surface area contributed by atoms with Crippen LogP contribution in [0.1, 0.15) is 22.8 Å². The summed E-state index contributed by atoms with van der Waals surface area (Å²) in [5, 5.41) is 11.4. The summed E-state index contributed by atoms with van der Waals surface area (Å²) in [5.41, 5.74) is 2.57. The summed E-state index contributed by atoms with van der Waals surface area (Å²) < 4.78 is 0. The van der Waals surface area contributed by atoms with Crippen LogP contribution in [0, 0.1) is 6.92 Å². The highest BCUT2D eigenvalue weighted by molar-refractivity contribution is 6.35. The molecule has 1 atom stereocenters. The van der Waals surface area contributed by atoms with Crippen molar-refractivity contribution >= 4 is 23.2 Å². The molecule has 1 aromatic heterocycles. The summed E-state index contributed by atoms with van der Waals surface area (Å²) in [5.74, 6) is 0. The Kier molecular flexibility index (Phi) is 4.23. The number of benzene rings is 1. The van der Waals surface area contributed by atoms with Crippen LogP contribution < -0.4 is 0 Å². The number of hydrogen-bond acceptors (Lipinski definition) is 2. The Hall–Kier alpha value is -1.09. The number of aryl methyl sites for hydroxylation is 1. The molecule has 0 aliphatic carbocycles. The zero-order chi connectivity index (χ0) is 13.1. The zero-order valence-corrected chi connectivity index (χ0v) is 11.4. The number of aromatic nitrogens is 1. The van der Waals surface area contributed by atoms with Gasteiger partial charge >= 0.3 is 0 Å². The van der Waals surface area contributed by atoms with Gasteiger partial charge in [-0.2, -0.15) is 0 Å². The fourth-order valence-corrected chi connectivity index (χ4v) is 2.44.